The molecule has 30 heavy (non-hydrogen) atoms. The Morgan fingerprint density at radius 2 is 2.07 bits per heavy atom. The first kappa shape index (κ1) is 19.8. The second kappa shape index (κ2) is 6.66. The zero-order valence-corrected chi connectivity index (χ0v) is 18.9. The number of hydrogen-bond acceptors (Lipinski definition) is 3. The van der Waals surface area contributed by atoms with Crippen molar-refractivity contribution < 1.29 is 5.11 Å². The number of aromatic nitrogens is 2. The zero-order chi connectivity index (χ0) is 21.3. The molecule has 5 rings (SSSR count). The van der Waals surface area contributed by atoms with Gasteiger partial charge in [-0.15, -0.1) is 0 Å². The summed E-state index contributed by atoms with van der Waals surface area (Å²) in [6, 6.07) is 9.03. The third-order valence-electron chi connectivity index (χ3n) is 7.22. The molecule has 2 aliphatic rings. The maximum atomic E-state index is 11.6. The molecule has 0 bridgehead atoms. The quantitative estimate of drug-likeness (QED) is 0.670. The summed E-state index contributed by atoms with van der Waals surface area (Å²) in [5.74, 6) is 0. The van der Waals surface area contributed by atoms with Gasteiger partial charge in [0.1, 0.15) is 5.60 Å². The van der Waals surface area contributed by atoms with Crippen LogP contribution in [0.5, 0.6) is 0 Å². The van der Waals surface area contributed by atoms with Gasteiger partial charge in [0.15, 0.2) is 0 Å². The number of benzene rings is 1. The van der Waals surface area contributed by atoms with E-state index in [9.17, 15) is 5.11 Å². The van der Waals surface area contributed by atoms with Gasteiger partial charge in [-0.25, -0.2) is 0 Å². The minimum absolute atomic E-state index is 0.0283. The minimum Gasteiger partial charge on any atom is -0.384 e. The van der Waals surface area contributed by atoms with E-state index in [0.29, 0.717) is 12.6 Å². The molecule has 1 saturated heterocycles. The number of fused-ring (bicyclic) bond motifs is 5. The van der Waals surface area contributed by atoms with Crippen LogP contribution in [0.25, 0.3) is 10.9 Å². The van der Waals surface area contributed by atoms with Crippen LogP contribution < -0.4 is 0 Å². The monoisotopic (exact) mass is 403 g/mol. The Labute approximate surface area is 179 Å². The van der Waals surface area contributed by atoms with E-state index in [1.54, 1.807) is 12.4 Å². The highest BCUT2D eigenvalue weighted by Crippen LogP contribution is 2.50. The third kappa shape index (κ3) is 2.92. The summed E-state index contributed by atoms with van der Waals surface area (Å²) in [6.45, 7) is 13.9. The van der Waals surface area contributed by atoms with Crippen molar-refractivity contribution in [2.75, 3.05) is 13.1 Å². The van der Waals surface area contributed by atoms with Crippen LogP contribution in [0.3, 0.4) is 0 Å². The lowest BCUT2D eigenvalue weighted by molar-refractivity contribution is 0.0366. The molecular formula is C26H33N3O. The molecule has 1 fully saturated rings. The van der Waals surface area contributed by atoms with Gasteiger partial charge < -0.3 is 9.67 Å². The lowest BCUT2D eigenvalue weighted by Gasteiger charge is -2.42. The summed E-state index contributed by atoms with van der Waals surface area (Å²) in [6.07, 6.45) is 6.05. The normalized spacial score (nSPS) is 22.7. The molecule has 0 saturated carbocycles. The van der Waals surface area contributed by atoms with Gasteiger partial charge in [0, 0.05) is 47.0 Å². The number of nitrogens with zero attached hydrogens (tertiary/aromatic N) is 3. The van der Waals surface area contributed by atoms with E-state index >= 15 is 0 Å². The van der Waals surface area contributed by atoms with Gasteiger partial charge in [-0.2, -0.15) is 0 Å². The van der Waals surface area contributed by atoms with Crippen LogP contribution in [0.4, 0.5) is 0 Å². The standard InChI is InChI=1S/C26H33N3O/c1-17-12-18(2)23-20(13-17)22-21-9-7-11-28(21)15-25(3,4)24(22)29(23)16-26(5,30)19-8-6-10-27-14-19/h6,8,10,12-14,21,30H,7,9,11,15-16H2,1-5H3. The summed E-state index contributed by atoms with van der Waals surface area (Å²) < 4.78 is 2.45. The first-order chi connectivity index (χ1) is 14.2. The van der Waals surface area contributed by atoms with Crippen LogP contribution >= 0.6 is 0 Å². The molecule has 0 spiro atoms. The predicted molar refractivity (Wildman–Crippen MR) is 122 cm³/mol. The fourth-order valence-electron chi connectivity index (χ4n) is 6.14. The zero-order valence-electron chi connectivity index (χ0n) is 18.9. The van der Waals surface area contributed by atoms with E-state index in [1.807, 2.05) is 19.1 Å². The Morgan fingerprint density at radius 3 is 2.80 bits per heavy atom. The molecule has 158 valence electrons. The number of aryl methyl sites for hydroxylation is 2. The van der Waals surface area contributed by atoms with E-state index in [4.69, 9.17) is 0 Å². The van der Waals surface area contributed by atoms with Gasteiger partial charge in [0.25, 0.3) is 0 Å². The van der Waals surface area contributed by atoms with Crippen LogP contribution in [0.2, 0.25) is 0 Å². The van der Waals surface area contributed by atoms with Gasteiger partial charge in [0.2, 0.25) is 0 Å². The molecule has 3 aromatic rings. The van der Waals surface area contributed by atoms with E-state index in [1.165, 1.54) is 52.7 Å². The Balaban J connectivity index is 1.79. The Hall–Kier alpha value is -2.17. The topological polar surface area (TPSA) is 41.3 Å². The van der Waals surface area contributed by atoms with Gasteiger partial charge in [-0.3, -0.25) is 9.88 Å². The molecule has 4 heteroatoms. The van der Waals surface area contributed by atoms with Crippen molar-refractivity contribution in [3.05, 3.63) is 64.6 Å². The average molecular weight is 404 g/mol. The summed E-state index contributed by atoms with van der Waals surface area (Å²) in [7, 11) is 0. The highest BCUT2D eigenvalue weighted by molar-refractivity contribution is 5.90. The number of pyridine rings is 1. The van der Waals surface area contributed by atoms with Crippen molar-refractivity contribution in [2.24, 2.45) is 0 Å². The molecule has 1 N–H and O–H groups in total. The smallest absolute Gasteiger partial charge is 0.106 e. The van der Waals surface area contributed by atoms with E-state index in [0.717, 1.165) is 12.1 Å². The molecule has 0 amide bonds. The van der Waals surface area contributed by atoms with Crippen LogP contribution in [0, 0.1) is 13.8 Å². The summed E-state index contributed by atoms with van der Waals surface area (Å²) in [5.41, 5.74) is 6.71. The van der Waals surface area contributed by atoms with Crippen molar-refractivity contribution >= 4 is 10.9 Å². The first-order valence-corrected chi connectivity index (χ1v) is 11.2. The van der Waals surface area contributed by atoms with E-state index < -0.39 is 5.60 Å². The summed E-state index contributed by atoms with van der Waals surface area (Å²) in [4.78, 5) is 6.94. The van der Waals surface area contributed by atoms with Crippen molar-refractivity contribution in [1.29, 1.82) is 0 Å². The molecule has 0 radical (unpaired) electrons. The predicted octanol–water partition coefficient (Wildman–Crippen LogP) is 4.99. The second-order valence-corrected chi connectivity index (χ2v) is 10.4. The lowest BCUT2D eigenvalue weighted by atomic mass is 9.79. The first-order valence-electron chi connectivity index (χ1n) is 11.2. The summed E-state index contributed by atoms with van der Waals surface area (Å²) >= 11 is 0. The molecule has 2 aliphatic heterocycles. The SMILES string of the molecule is Cc1cc(C)c2c(c1)c1c(n2CC(C)(O)c2cccnc2)C(C)(C)CN2CCCC12. The van der Waals surface area contributed by atoms with Crippen molar-refractivity contribution in [1.82, 2.24) is 14.5 Å². The fourth-order valence-corrected chi connectivity index (χ4v) is 6.14. The molecule has 1 aromatic carbocycles. The van der Waals surface area contributed by atoms with Gasteiger partial charge in [0.05, 0.1) is 12.1 Å². The van der Waals surface area contributed by atoms with Gasteiger partial charge >= 0.3 is 0 Å². The summed E-state index contributed by atoms with van der Waals surface area (Å²) in [5, 5.41) is 12.9. The highest BCUT2D eigenvalue weighted by Gasteiger charge is 2.44. The molecule has 4 heterocycles. The van der Waals surface area contributed by atoms with Crippen molar-refractivity contribution in [2.45, 2.75) is 71.1 Å². The Bertz CT molecular complexity index is 1110. The third-order valence-corrected chi connectivity index (χ3v) is 7.22. The van der Waals surface area contributed by atoms with Crippen molar-refractivity contribution in [3.8, 4) is 0 Å². The van der Waals surface area contributed by atoms with E-state index in [2.05, 4.69) is 54.3 Å². The average Bonchev–Trinajstić information content (AvgIpc) is 3.24. The molecule has 4 nitrogen and oxygen atoms in total. The van der Waals surface area contributed by atoms with Crippen LogP contribution in [0.1, 0.15) is 67.6 Å². The number of hydrogen-bond donors (Lipinski definition) is 1. The Kier molecular flexibility index (Phi) is 4.39. The second-order valence-electron chi connectivity index (χ2n) is 10.4. The van der Waals surface area contributed by atoms with Crippen LogP contribution in [-0.2, 0) is 17.6 Å². The van der Waals surface area contributed by atoms with Crippen molar-refractivity contribution in [3.63, 3.8) is 0 Å². The molecule has 2 unspecified atom stereocenters. The maximum absolute atomic E-state index is 11.6. The molecular weight excluding hydrogens is 370 g/mol. The van der Waals surface area contributed by atoms with Crippen LogP contribution in [0.15, 0.2) is 36.7 Å². The highest BCUT2D eigenvalue weighted by atomic mass is 16.3. The largest absolute Gasteiger partial charge is 0.384 e. The minimum atomic E-state index is -0.992. The molecule has 2 atom stereocenters. The van der Waals surface area contributed by atoms with Gasteiger partial charge in [-0.05, 0) is 63.4 Å². The maximum Gasteiger partial charge on any atom is 0.106 e. The van der Waals surface area contributed by atoms with Crippen LogP contribution in [-0.4, -0.2) is 32.6 Å². The molecule has 0 aliphatic carbocycles. The van der Waals surface area contributed by atoms with E-state index in [-0.39, 0.29) is 5.41 Å². The number of aliphatic hydroxyl groups is 1. The number of rotatable bonds is 3. The molecule has 2 aromatic heterocycles. The lowest BCUT2D eigenvalue weighted by Crippen LogP contribution is -2.44. The van der Waals surface area contributed by atoms with Gasteiger partial charge in [-0.1, -0.05) is 31.5 Å². The fraction of sp³-hybridized carbons (Fsp3) is 0.500. The Morgan fingerprint density at radius 1 is 1.27 bits per heavy atom.